The summed E-state index contributed by atoms with van der Waals surface area (Å²) in [6.07, 6.45) is 0. The Kier molecular flexibility index (Phi) is 6.80. The molecule has 0 saturated carbocycles. The summed E-state index contributed by atoms with van der Waals surface area (Å²) in [6.45, 7) is 13.6. The molecule has 3 heterocycles. The Morgan fingerprint density at radius 2 is 1.27 bits per heavy atom. The number of rotatable bonds is 3. The van der Waals surface area contributed by atoms with E-state index in [4.69, 9.17) is 9.97 Å². The predicted octanol–water partition coefficient (Wildman–Crippen LogP) is 11.7. The molecule has 48 heavy (non-hydrogen) atoms. The Hall–Kier alpha value is -5.31. The number of thiophene rings is 1. The van der Waals surface area contributed by atoms with Crippen LogP contribution in [0.25, 0.3) is 70.4 Å². The molecule has 5 aromatic carbocycles. The van der Waals surface area contributed by atoms with Crippen molar-refractivity contribution in [3.8, 4) is 34.4 Å². The van der Waals surface area contributed by atoms with Crippen LogP contribution in [-0.2, 0) is 10.8 Å². The first-order chi connectivity index (χ1) is 23.0. The lowest BCUT2D eigenvalue weighted by Crippen LogP contribution is -2.10. The van der Waals surface area contributed by atoms with Gasteiger partial charge in [0.15, 0.2) is 5.82 Å². The third-order valence-corrected chi connectivity index (χ3v) is 10.6. The molecule has 0 aliphatic rings. The molecular formula is C43H36N4S. The molecule has 3 aromatic heterocycles. The fourth-order valence-corrected chi connectivity index (χ4v) is 7.84. The van der Waals surface area contributed by atoms with E-state index in [1.807, 2.05) is 36.4 Å². The minimum absolute atomic E-state index is 0.0218. The van der Waals surface area contributed by atoms with Crippen molar-refractivity contribution < 1.29 is 0 Å². The predicted molar refractivity (Wildman–Crippen MR) is 202 cm³/mol. The monoisotopic (exact) mass is 640 g/mol. The summed E-state index contributed by atoms with van der Waals surface area (Å²) in [5.74, 6) is 0.654. The summed E-state index contributed by atoms with van der Waals surface area (Å²) in [7, 11) is 0. The van der Waals surface area contributed by atoms with E-state index < -0.39 is 0 Å². The van der Waals surface area contributed by atoms with E-state index in [0.717, 1.165) is 53.8 Å². The normalized spacial score (nSPS) is 12.4. The SMILES string of the molecule is CC(C)(C)c1ccc2c(c1)c1cc(C(C)(C)C)ccc1n2-c1ccc(-c2nc(-c3ccccc3)nc3c2sc2ccccc23)c(C#N)c1. The van der Waals surface area contributed by atoms with E-state index in [9.17, 15) is 5.26 Å². The molecule has 0 N–H and O–H groups in total. The maximum atomic E-state index is 10.7. The van der Waals surface area contributed by atoms with Crippen LogP contribution in [0.2, 0.25) is 0 Å². The van der Waals surface area contributed by atoms with Crippen LogP contribution in [0.3, 0.4) is 0 Å². The van der Waals surface area contributed by atoms with Gasteiger partial charge in [-0.2, -0.15) is 5.26 Å². The Bertz CT molecular complexity index is 2510. The average molecular weight is 641 g/mol. The zero-order chi connectivity index (χ0) is 33.4. The van der Waals surface area contributed by atoms with Gasteiger partial charge in [0.25, 0.3) is 0 Å². The van der Waals surface area contributed by atoms with E-state index in [-0.39, 0.29) is 10.8 Å². The highest BCUT2D eigenvalue weighted by Crippen LogP contribution is 2.42. The Morgan fingerprint density at radius 1 is 0.646 bits per heavy atom. The van der Waals surface area contributed by atoms with E-state index in [1.54, 1.807) is 11.3 Å². The lowest BCUT2D eigenvalue weighted by molar-refractivity contribution is 0.590. The summed E-state index contributed by atoms with van der Waals surface area (Å²) in [4.78, 5) is 10.2. The molecule has 0 unspecified atom stereocenters. The third kappa shape index (κ3) is 4.87. The Labute approximate surface area is 285 Å². The van der Waals surface area contributed by atoms with Crippen molar-refractivity contribution >= 4 is 53.4 Å². The number of hydrogen-bond donors (Lipinski definition) is 0. The fourth-order valence-electron chi connectivity index (χ4n) is 6.69. The van der Waals surface area contributed by atoms with Gasteiger partial charge in [0.2, 0.25) is 0 Å². The third-order valence-electron chi connectivity index (χ3n) is 9.39. The lowest BCUT2D eigenvalue weighted by atomic mass is 9.85. The molecule has 0 saturated heterocycles. The Morgan fingerprint density at radius 3 is 1.90 bits per heavy atom. The quantitative estimate of drug-likeness (QED) is 0.193. The molecule has 234 valence electrons. The van der Waals surface area contributed by atoms with Crippen molar-refractivity contribution in [2.24, 2.45) is 0 Å². The van der Waals surface area contributed by atoms with Crippen LogP contribution < -0.4 is 0 Å². The summed E-state index contributed by atoms with van der Waals surface area (Å²) in [6, 6.07) is 40.9. The minimum Gasteiger partial charge on any atom is -0.309 e. The van der Waals surface area contributed by atoms with Crippen molar-refractivity contribution in [1.29, 1.82) is 5.26 Å². The van der Waals surface area contributed by atoms with Crippen LogP contribution in [0, 0.1) is 11.3 Å². The van der Waals surface area contributed by atoms with Gasteiger partial charge in [-0.15, -0.1) is 11.3 Å². The molecule has 0 spiro atoms. The van der Waals surface area contributed by atoms with Gasteiger partial charge >= 0.3 is 0 Å². The van der Waals surface area contributed by atoms with Gasteiger partial charge in [0.1, 0.15) is 0 Å². The zero-order valence-electron chi connectivity index (χ0n) is 28.1. The molecule has 0 bridgehead atoms. The molecule has 5 heteroatoms. The van der Waals surface area contributed by atoms with Crippen molar-refractivity contribution in [2.45, 2.75) is 52.4 Å². The molecule has 4 nitrogen and oxygen atoms in total. The van der Waals surface area contributed by atoms with Crippen LogP contribution in [0.1, 0.15) is 58.2 Å². The van der Waals surface area contributed by atoms with E-state index in [1.165, 1.54) is 21.9 Å². The second-order valence-electron chi connectivity index (χ2n) is 14.7. The lowest BCUT2D eigenvalue weighted by Gasteiger charge is -2.19. The number of benzene rings is 5. The molecule has 0 atom stereocenters. The number of aromatic nitrogens is 3. The molecule has 8 aromatic rings. The van der Waals surface area contributed by atoms with Crippen molar-refractivity contribution in [3.63, 3.8) is 0 Å². The van der Waals surface area contributed by atoms with E-state index in [0.29, 0.717) is 11.4 Å². The van der Waals surface area contributed by atoms with Crippen molar-refractivity contribution in [3.05, 3.63) is 126 Å². The first-order valence-corrected chi connectivity index (χ1v) is 17.2. The summed E-state index contributed by atoms with van der Waals surface area (Å²) in [5.41, 5.74) is 9.88. The number of fused-ring (bicyclic) bond motifs is 6. The second kappa shape index (κ2) is 10.9. The topological polar surface area (TPSA) is 54.5 Å². The first-order valence-electron chi connectivity index (χ1n) is 16.4. The van der Waals surface area contributed by atoms with E-state index in [2.05, 4.69) is 125 Å². The maximum Gasteiger partial charge on any atom is 0.160 e. The van der Waals surface area contributed by atoms with Gasteiger partial charge in [-0.25, -0.2) is 9.97 Å². The molecule has 0 radical (unpaired) electrons. The average Bonchev–Trinajstić information content (AvgIpc) is 3.62. The number of nitrogens with zero attached hydrogens (tertiary/aromatic N) is 4. The van der Waals surface area contributed by atoms with Crippen LogP contribution in [-0.4, -0.2) is 14.5 Å². The molecule has 8 rings (SSSR count). The standard InChI is InChI=1S/C43H36N4S/c1-42(2,3)28-16-20-35-33(23-28)34-24-29(43(4,5)6)17-21-36(34)47(35)30-18-19-31(27(22-30)25-44)38-40-39(32-14-10-11-15-37(32)48-40)46-41(45-38)26-12-8-7-9-13-26/h7-24H,1-6H3. The van der Waals surface area contributed by atoms with Gasteiger partial charge in [-0.05, 0) is 70.5 Å². The first kappa shape index (κ1) is 30.1. The van der Waals surface area contributed by atoms with Crippen LogP contribution in [0.15, 0.2) is 109 Å². The van der Waals surface area contributed by atoms with E-state index >= 15 is 0 Å². The highest BCUT2D eigenvalue weighted by Gasteiger charge is 2.23. The number of hydrogen-bond acceptors (Lipinski definition) is 4. The van der Waals surface area contributed by atoms with Gasteiger partial charge in [-0.1, -0.05) is 102 Å². The molecule has 0 aliphatic heterocycles. The van der Waals surface area contributed by atoms with Crippen LogP contribution >= 0.6 is 11.3 Å². The smallest absolute Gasteiger partial charge is 0.160 e. The van der Waals surface area contributed by atoms with Gasteiger partial charge < -0.3 is 4.57 Å². The highest BCUT2D eigenvalue weighted by atomic mass is 32.1. The van der Waals surface area contributed by atoms with Crippen LogP contribution in [0.4, 0.5) is 0 Å². The largest absolute Gasteiger partial charge is 0.309 e. The van der Waals surface area contributed by atoms with Crippen molar-refractivity contribution in [1.82, 2.24) is 14.5 Å². The maximum absolute atomic E-state index is 10.7. The van der Waals surface area contributed by atoms with Gasteiger partial charge in [0.05, 0.1) is 38.6 Å². The second-order valence-corrected chi connectivity index (χ2v) is 15.7. The van der Waals surface area contributed by atoms with Crippen molar-refractivity contribution in [2.75, 3.05) is 0 Å². The molecule has 0 fully saturated rings. The zero-order valence-corrected chi connectivity index (χ0v) is 28.9. The minimum atomic E-state index is 0.0218. The highest BCUT2D eigenvalue weighted by molar-refractivity contribution is 7.26. The number of nitriles is 1. The molecule has 0 aliphatic carbocycles. The van der Waals surface area contributed by atoms with Gasteiger partial charge in [0, 0.05) is 37.7 Å². The fraction of sp³-hybridized carbons (Fsp3) is 0.186. The molecule has 0 amide bonds. The molecular weight excluding hydrogens is 605 g/mol. The summed E-state index contributed by atoms with van der Waals surface area (Å²) in [5, 5.41) is 14.2. The summed E-state index contributed by atoms with van der Waals surface area (Å²) < 4.78 is 4.44. The summed E-state index contributed by atoms with van der Waals surface area (Å²) >= 11 is 1.68. The Balaban J connectivity index is 1.38. The van der Waals surface area contributed by atoms with Gasteiger partial charge in [-0.3, -0.25) is 0 Å². The van der Waals surface area contributed by atoms with Crippen LogP contribution in [0.5, 0.6) is 0 Å².